The standard InChI is InChI=1S/C48H72FN5O12S/c1-13-39-48(10,59)44-30(5)40(50-33(8)55)28(3)22-47(9,63-26-27(2)25-62-44)43(31(6)41(56)32(7)45(58)65-39)66-46-42(57)38(20-29(4)64-46)53(11)19-18-35-24-54(52-51-35)36(23-49)21-34-14-16-37(17-15-34)67(12,60)61/h14-17,24,28-32,36,38-39,42-44,46,57,59H,2,13,18-23,25-26H2,1,3-12H3/t28-,29-,30+,31+,32-,36+,38+,39-,42-,43-,44-,46+,47-,48-/m1/s1. The van der Waals surface area contributed by atoms with Gasteiger partial charge >= 0.3 is 5.97 Å². The Hall–Kier alpha value is -3.82. The average Bonchev–Trinajstić information content (AvgIpc) is 3.74. The van der Waals surface area contributed by atoms with Gasteiger partial charge in [-0.2, -0.15) is 0 Å². The van der Waals surface area contributed by atoms with E-state index in [1.165, 1.54) is 37.6 Å². The first-order valence-corrected chi connectivity index (χ1v) is 25.1. The van der Waals surface area contributed by atoms with Crippen LogP contribution in [0.1, 0.15) is 98.9 Å². The first-order valence-electron chi connectivity index (χ1n) is 23.2. The number of hydrogen-bond donors (Lipinski definition) is 2. The van der Waals surface area contributed by atoms with Crippen LogP contribution in [0.25, 0.3) is 0 Å². The third-order valence-corrected chi connectivity index (χ3v) is 14.9. The lowest BCUT2D eigenvalue weighted by Crippen LogP contribution is -2.60. The SMILES string of the molecule is C=C1CO[C@@H]2[C@@H](C)C(=NC(C)=O)[C@H](C)C[C@@](C)(OC1)[C@H](O[C@@H]1O[C@H](C)C[C@H](N(C)CCc3cn([C@H](CF)Cc4ccc(S(C)(=O)=O)cc4)nn3)[C@H]1O)[C@@H](C)C(=O)[C@@H](C)C(=O)O[C@H](CC)[C@@]2(C)O. The molecule has 3 fully saturated rings. The molecule has 0 unspecified atom stereocenters. The number of Topliss-reactive ketones (excluding diaryl/α,β-unsaturated/α-hetero) is 1. The largest absolute Gasteiger partial charge is 0.459 e. The number of ether oxygens (including phenoxy) is 5. The number of carbonyl (C=O) groups is 3. The van der Waals surface area contributed by atoms with E-state index in [2.05, 4.69) is 21.9 Å². The molecule has 0 saturated carbocycles. The van der Waals surface area contributed by atoms with Crippen molar-refractivity contribution in [1.82, 2.24) is 19.9 Å². The lowest BCUT2D eigenvalue weighted by atomic mass is 9.73. The van der Waals surface area contributed by atoms with Crippen molar-refractivity contribution in [3.8, 4) is 0 Å². The molecule has 2 N–H and O–H groups in total. The Bertz CT molecular complexity index is 2200. The first kappa shape index (κ1) is 54.1. The number of cyclic esters (lactones) is 1. The summed E-state index contributed by atoms with van der Waals surface area (Å²) in [5.41, 5.74) is -0.902. The Labute approximate surface area is 394 Å². The Kier molecular flexibility index (Phi) is 18.0. The molecule has 1 aromatic carbocycles. The van der Waals surface area contributed by atoms with Crippen molar-refractivity contribution in [2.45, 2.75) is 159 Å². The maximum Gasteiger partial charge on any atom is 0.316 e. The number of carbonyl (C=O) groups excluding carboxylic acids is 3. The molecule has 0 aliphatic carbocycles. The summed E-state index contributed by atoms with van der Waals surface area (Å²) in [5.74, 6) is -5.37. The fourth-order valence-corrected chi connectivity index (χ4v) is 10.6. The summed E-state index contributed by atoms with van der Waals surface area (Å²) in [6, 6.07) is 5.15. The molecule has 1 aromatic heterocycles. The zero-order valence-electron chi connectivity index (χ0n) is 40.9. The van der Waals surface area contributed by atoms with E-state index in [0.29, 0.717) is 36.4 Å². The molecule has 17 nitrogen and oxygen atoms in total. The lowest BCUT2D eigenvalue weighted by Gasteiger charge is -2.48. The summed E-state index contributed by atoms with van der Waals surface area (Å²) in [6.07, 6.45) is -2.00. The van der Waals surface area contributed by atoms with Crippen LogP contribution in [-0.4, -0.2) is 156 Å². The predicted molar refractivity (Wildman–Crippen MR) is 247 cm³/mol. The number of aliphatic imine (C=N–C) groups is 1. The molecule has 1 amide bonds. The van der Waals surface area contributed by atoms with Gasteiger partial charge in [0.15, 0.2) is 21.9 Å². The third kappa shape index (κ3) is 12.9. The summed E-state index contributed by atoms with van der Waals surface area (Å²) in [7, 11) is -1.52. The van der Waals surface area contributed by atoms with E-state index in [0.717, 1.165) is 11.8 Å². The second-order valence-corrected chi connectivity index (χ2v) is 21.5. The highest BCUT2D eigenvalue weighted by atomic mass is 32.2. The van der Waals surface area contributed by atoms with Crippen LogP contribution in [0.15, 0.2) is 52.5 Å². The molecule has 67 heavy (non-hydrogen) atoms. The van der Waals surface area contributed by atoms with Crippen LogP contribution in [0, 0.1) is 23.7 Å². The van der Waals surface area contributed by atoms with Crippen molar-refractivity contribution < 1.29 is 61.1 Å². The van der Waals surface area contributed by atoms with Gasteiger partial charge in [-0.05, 0) is 89.6 Å². The van der Waals surface area contributed by atoms with Crippen molar-refractivity contribution >= 4 is 33.2 Å². The number of ketones is 1. The number of hydrogen-bond acceptors (Lipinski definition) is 15. The van der Waals surface area contributed by atoms with Gasteiger partial charge in [0, 0.05) is 55.9 Å². The van der Waals surface area contributed by atoms with Crippen LogP contribution >= 0.6 is 0 Å². The average molecular weight is 962 g/mol. The number of aliphatic hydroxyl groups is 2. The zero-order valence-corrected chi connectivity index (χ0v) is 41.7. The van der Waals surface area contributed by atoms with E-state index in [9.17, 15) is 37.4 Å². The van der Waals surface area contributed by atoms with Crippen LogP contribution in [0.4, 0.5) is 4.39 Å². The lowest BCUT2D eigenvalue weighted by molar-refractivity contribution is -0.297. The van der Waals surface area contributed by atoms with E-state index in [-0.39, 0.29) is 37.4 Å². The van der Waals surface area contributed by atoms with Crippen LogP contribution in [0.3, 0.4) is 0 Å². The van der Waals surface area contributed by atoms with E-state index >= 15 is 0 Å². The minimum atomic E-state index is -3.37. The molecule has 374 valence electrons. The quantitative estimate of drug-likeness (QED) is 0.171. The Balaban J connectivity index is 1.43. The summed E-state index contributed by atoms with van der Waals surface area (Å²) < 4.78 is 71.9. The van der Waals surface area contributed by atoms with Gasteiger partial charge in [-0.25, -0.2) is 22.5 Å². The van der Waals surface area contributed by atoms with E-state index in [4.69, 9.17) is 23.7 Å². The molecule has 14 atom stereocenters. The number of esters is 1. The minimum Gasteiger partial charge on any atom is -0.459 e. The van der Waals surface area contributed by atoms with E-state index in [1.807, 2.05) is 25.8 Å². The Morgan fingerprint density at radius 2 is 1.79 bits per heavy atom. The number of alkyl halides is 1. The highest BCUT2D eigenvalue weighted by Gasteiger charge is 2.53. The molecule has 19 heteroatoms. The van der Waals surface area contributed by atoms with Gasteiger partial charge in [0.1, 0.15) is 30.4 Å². The highest BCUT2D eigenvalue weighted by molar-refractivity contribution is 7.90. The number of benzene rings is 1. The number of fused-ring (bicyclic) bond motifs is 5. The van der Waals surface area contributed by atoms with E-state index in [1.54, 1.807) is 46.0 Å². The Morgan fingerprint density at radius 3 is 2.40 bits per heavy atom. The topological polar surface area (TPSA) is 218 Å². The maximum atomic E-state index is 14.5. The van der Waals surface area contributed by atoms with Crippen molar-refractivity contribution in [3.63, 3.8) is 0 Å². The normalized spacial score (nSPS) is 35.1. The zero-order chi connectivity index (χ0) is 49.8. The second-order valence-electron chi connectivity index (χ2n) is 19.5. The molecular weight excluding hydrogens is 890 g/mol. The fraction of sp³-hybridized carbons (Fsp3) is 0.708. The van der Waals surface area contributed by atoms with Gasteiger partial charge < -0.3 is 38.8 Å². The Morgan fingerprint density at radius 1 is 1.12 bits per heavy atom. The third-order valence-electron chi connectivity index (χ3n) is 13.8. The van der Waals surface area contributed by atoms with Gasteiger partial charge in [-0.15, -0.1) is 5.10 Å². The second kappa shape index (κ2) is 22.3. The number of rotatable bonds is 12. The highest BCUT2D eigenvalue weighted by Crippen LogP contribution is 2.40. The number of aliphatic hydroxyl groups excluding tert-OH is 1. The van der Waals surface area contributed by atoms with Gasteiger partial charge in [-0.1, -0.05) is 51.6 Å². The molecule has 5 rings (SSSR count). The number of amides is 1. The predicted octanol–water partition coefficient (Wildman–Crippen LogP) is 4.47. The molecule has 3 saturated heterocycles. The summed E-state index contributed by atoms with van der Waals surface area (Å²) in [5, 5.41) is 32.9. The molecule has 0 spiro atoms. The summed E-state index contributed by atoms with van der Waals surface area (Å²) in [4.78, 5) is 47.8. The van der Waals surface area contributed by atoms with Gasteiger partial charge in [0.05, 0.1) is 53.8 Å². The van der Waals surface area contributed by atoms with Crippen molar-refractivity contribution in [2.24, 2.45) is 28.7 Å². The van der Waals surface area contributed by atoms with Crippen molar-refractivity contribution in [2.75, 3.05) is 39.7 Å². The van der Waals surface area contributed by atoms with Crippen LogP contribution in [-0.2, 0) is 60.7 Å². The van der Waals surface area contributed by atoms with E-state index < -0.39 is 118 Å². The van der Waals surface area contributed by atoms with Crippen molar-refractivity contribution in [3.05, 3.63) is 53.9 Å². The summed E-state index contributed by atoms with van der Waals surface area (Å²) >= 11 is 0. The monoisotopic (exact) mass is 961 g/mol. The number of aromatic nitrogens is 3. The maximum absolute atomic E-state index is 14.5. The van der Waals surface area contributed by atoms with Crippen molar-refractivity contribution in [1.29, 1.82) is 0 Å². The molecule has 4 heterocycles. The van der Waals surface area contributed by atoms with Gasteiger partial charge in [0.25, 0.3) is 0 Å². The minimum absolute atomic E-state index is 0.0420. The first-order chi connectivity index (χ1) is 31.3. The number of halogens is 1. The molecule has 3 aliphatic rings. The number of sulfone groups is 1. The molecule has 2 bridgehead atoms. The summed E-state index contributed by atoms with van der Waals surface area (Å²) in [6.45, 7) is 18.8. The van der Waals surface area contributed by atoms with Crippen LogP contribution in [0.2, 0.25) is 0 Å². The van der Waals surface area contributed by atoms with Gasteiger partial charge in [0.2, 0.25) is 5.91 Å². The molecule has 3 aliphatic heterocycles. The fourth-order valence-electron chi connectivity index (χ4n) is 9.94. The molecular formula is C48H72FN5O12S. The smallest absolute Gasteiger partial charge is 0.316 e. The van der Waals surface area contributed by atoms with Crippen LogP contribution < -0.4 is 0 Å². The van der Waals surface area contributed by atoms with Gasteiger partial charge in [-0.3, -0.25) is 14.4 Å². The van der Waals surface area contributed by atoms with Crippen LogP contribution in [0.5, 0.6) is 0 Å². The number of likely N-dealkylation sites (N-methyl/N-ethyl adjacent to an activating group) is 1. The molecule has 2 aromatic rings. The molecule has 0 radical (unpaired) electrons. The number of nitrogens with zero attached hydrogens (tertiary/aromatic N) is 5.